The van der Waals surface area contributed by atoms with Gasteiger partial charge in [-0.3, -0.25) is 4.68 Å². The molecule has 1 heterocycles. The second-order valence-electron chi connectivity index (χ2n) is 5.39. The minimum atomic E-state index is -0.552. The second-order valence-corrected chi connectivity index (χ2v) is 5.77. The van der Waals surface area contributed by atoms with Crippen molar-refractivity contribution in [1.29, 1.82) is 0 Å². The maximum Gasteiger partial charge on any atom is 0.128 e. The number of aliphatic hydroxyl groups excluding tert-OH is 1. The number of hydrogen-bond acceptors (Lipinski definition) is 4. The van der Waals surface area contributed by atoms with E-state index in [9.17, 15) is 5.11 Å². The Morgan fingerprint density at radius 1 is 1.39 bits per heavy atom. The van der Waals surface area contributed by atoms with Crippen LogP contribution in [0.5, 0.6) is 5.75 Å². The van der Waals surface area contributed by atoms with Gasteiger partial charge in [-0.25, -0.2) is 0 Å². The minimum absolute atomic E-state index is 0.431. The Kier molecular flexibility index (Phi) is 6.74. The Bertz CT molecular complexity index is 616. The van der Waals surface area contributed by atoms with Crippen LogP contribution in [0.15, 0.2) is 30.5 Å². The third-order valence-electron chi connectivity index (χ3n) is 3.58. The fourth-order valence-electron chi connectivity index (χ4n) is 2.39. The van der Waals surface area contributed by atoms with Gasteiger partial charge in [0.15, 0.2) is 0 Å². The van der Waals surface area contributed by atoms with Crippen molar-refractivity contribution in [2.75, 3.05) is 17.8 Å². The first-order valence-corrected chi connectivity index (χ1v) is 8.45. The average molecular weight is 338 g/mol. The van der Waals surface area contributed by atoms with Gasteiger partial charge in [0.25, 0.3) is 0 Å². The lowest BCUT2D eigenvalue weighted by Crippen LogP contribution is -2.18. The Morgan fingerprint density at radius 3 is 2.87 bits per heavy atom. The van der Waals surface area contributed by atoms with Crippen LogP contribution >= 0.6 is 11.6 Å². The van der Waals surface area contributed by atoms with Gasteiger partial charge in [-0.1, -0.05) is 13.3 Å². The summed E-state index contributed by atoms with van der Waals surface area (Å²) < 4.78 is 7.52. The molecule has 23 heavy (non-hydrogen) atoms. The number of nitrogens with one attached hydrogen (secondary N) is 1. The number of benzene rings is 1. The molecule has 0 fully saturated rings. The lowest BCUT2D eigenvalue weighted by molar-refractivity contribution is 0.190. The molecule has 2 rings (SSSR count). The second kappa shape index (κ2) is 8.79. The Balaban J connectivity index is 2.24. The fourth-order valence-corrected chi connectivity index (χ4v) is 2.47. The number of halogens is 1. The molecule has 0 saturated carbocycles. The van der Waals surface area contributed by atoms with E-state index in [0.29, 0.717) is 12.5 Å². The summed E-state index contributed by atoms with van der Waals surface area (Å²) in [6, 6.07) is 7.69. The van der Waals surface area contributed by atoms with Gasteiger partial charge in [-0.2, -0.15) is 5.10 Å². The predicted octanol–water partition coefficient (Wildman–Crippen LogP) is 3.63. The van der Waals surface area contributed by atoms with Crippen molar-refractivity contribution in [3.63, 3.8) is 0 Å². The topological polar surface area (TPSA) is 59.3 Å². The van der Waals surface area contributed by atoms with Crippen molar-refractivity contribution >= 4 is 17.3 Å². The maximum atomic E-state index is 10.0. The van der Waals surface area contributed by atoms with Gasteiger partial charge in [0.1, 0.15) is 18.6 Å². The summed E-state index contributed by atoms with van der Waals surface area (Å²) in [5.41, 5.74) is 2.71. The molecule has 0 spiro atoms. The van der Waals surface area contributed by atoms with Crippen molar-refractivity contribution in [3.8, 4) is 17.0 Å². The van der Waals surface area contributed by atoms with Gasteiger partial charge < -0.3 is 15.2 Å². The number of aryl methyl sites for hydroxylation is 1. The zero-order valence-electron chi connectivity index (χ0n) is 13.6. The molecule has 1 aromatic heterocycles. The van der Waals surface area contributed by atoms with Crippen LogP contribution in [0, 0.1) is 0 Å². The van der Waals surface area contributed by atoms with Crippen molar-refractivity contribution in [2.24, 2.45) is 7.05 Å². The summed E-state index contributed by atoms with van der Waals surface area (Å²) in [6.45, 7) is 2.55. The summed E-state index contributed by atoms with van der Waals surface area (Å²) in [6.07, 6.45) is 3.96. The van der Waals surface area contributed by atoms with Gasteiger partial charge in [-0.05, 0) is 37.1 Å². The standard InChI is InChI=1S/C17H24ClN3O2/c1-3-4-5-17(22)20-13-6-7-16(23-11-9-18)14(12-13)15-8-10-19-21(15)2/h6-8,10,12,17,20,22H,3-5,9,11H2,1-2H3. The Morgan fingerprint density at radius 2 is 2.22 bits per heavy atom. The van der Waals surface area contributed by atoms with Crippen LogP contribution in [0.4, 0.5) is 5.69 Å². The van der Waals surface area contributed by atoms with Crippen LogP contribution in [0.25, 0.3) is 11.3 Å². The molecule has 0 aliphatic carbocycles. The molecular formula is C17H24ClN3O2. The van der Waals surface area contributed by atoms with E-state index in [4.69, 9.17) is 16.3 Å². The zero-order valence-corrected chi connectivity index (χ0v) is 14.4. The lowest BCUT2D eigenvalue weighted by Gasteiger charge is -2.17. The highest BCUT2D eigenvalue weighted by molar-refractivity contribution is 6.18. The number of aliphatic hydroxyl groups is 1. The molecule has 0 aliphatic rings. The van der Waals surface area contributed by atoms with E-state index in [0.717, 1.165) is 42.0 Å². The molecule has 2 N–H and O–H groups in total. The molecule has 5 nitrogen and oxygen atoms in total. The maximum absolute atomic E-state index is 10.0. The van der Waals surface area contributed by atoms with Gasteiger partial charge in [0.2, 0.25) is 0 Å². The van der Waals surface area contributed by atoms with Crippen molar-refractivity contribution in [3.05, 3.63) is 30.5 Å². The number of unbranched alkanes of at least 4 members (excludes halogenated alkanes) is 1. The molecule has 2 aromatic rings. The first-order chi connectivity index (χ1) is 11.2. The van der Waals surface area contributed by atoms with Crippen LogP contribution in [-0.2, 0) is 7.05 Å². The highest BCUT2D eigenvalue weighted by Crippen LogP contribution is 2.32. The first-order valence-electron chi connectivity index (χ1n) is 7.91. The SMILES string of the molecule is CCCCC(O)Nc1ccc(OCCCl)c(-c2ccnn2C)c1. The number of ether oxygens (including phenoxy) is 1. The van der Waals surface area contributed by atoms with Crippen LogP contribution in [0.1, 0.15) is 26.2 Å². The molecule has 1 aromatic carbocycles. The lowest BCUT2D eigenvalue weighted by atomic mass is 10.1. The Hall–Kier alpha value is -1.72. The quantitative estimate of drug-likeness (QED) is 0.542. The molecule has 0 aliphatic heterocycles. The largest absolute Gasteiger partial charge is 0.492 e. The first kappa shape index (κ1) is 17.6. The van der Waals surface area contributed by atoms with Gasteiger partial charge in [0, 0.05) is 24.5 Å². The van der Waals surface area contributed by atoms with Crippen LogP contribution in [0.2, 0.25) is 0 Å². The van der Waals surface area contributed by atoms with Crippen molar-refractivity contribution in [1.82, 2.24) is 9.78 Å². The number of rotatable bonds is 9. The predicted molar refractivity (Wildman–Crippen MR) is 94.0 cm³/mol. The molecular weight excluding hydrogens is 314 g/mol. The molecule has 126 valence electrons. The fraction of sp³-hybridized carbons (Fsp3) is 0.471. The smallest absolute Gasteiger partial charge is 0.128 e. The molecule has 1 atom stereocenters. The summed E-state index contributed by atoms with van der Waals surface area (Å²) in [5.74, 6) is 1.18. The third kappa shape index (κ3) is 4.88. The summed E-state index contributed by atoms with van der Waals surface area (Å²) >= 11 is 5.72. The molecule has 0 radical (unpaired) electrons. The van der Waals surface area contributed by atoms with Crippen molar-refractivity contribution in [2.45, 2.75) is 32.4 Å². The van der Waals surface area contributed by atoms with E-state index in [1.54, 1.807) is 10.9 Å². The van der Waals surface area contributed by atoms with Crippen LogP contribution in [0.3, 0.4) is 0 Å². The van der Waals surface area contributed by atoms with Crippen LogP contribution < -0.4 is 10.1 Å². The normalized spacial score (nSPS) is 12.2. The Labute approximate surface area is 142 Å². The number of aromatic nitrogens is 2. The van der Waals surface area contributed by atoms with Gasteiger partial charge in [-0.15, -0.1) is 11.6 Å². The molecule has 6 heteroatoms. The van der Waals surface area contributed by atoms with E-state index < -0.39 is 6.23 Å². The van der Waals surface area contributed by atoms with E-state index in [2.05, 4.69) is 17.3 Å². The number of hydrogen-bond donors (Lipinski definition) is 2. The highest BCUT2D eigenvalue weighted by Gasteiger charge is 2.12. The van der Waals surface area contributed by atoms with Gasteiger partial charge >= 0.3 is 0 Å². The number of alkyl halides is 1. The monoisotopic (exact) mass is 337 g/mol. The van der Waals surface area contributed by atoms with Gasteiger partial charge in [0.05, 0.1) is 11.6 Å². The minimum Gasteiger partial charge on any atom is -0.492 e. The van der Waals surface area contributed by atoms with E-state index >= 15 is 0 Å². The number of nitrogens with zero attached hydrogens (tertiary/aromatic N) is 2. The van der Waals surface area contributed by atoms with E-state index in [1.807, 2.05) is 31.3 Å². The molecule has 1 unspecified atom stereocenters. The molecule has 0 saturated heterocycles. The summed E-state index contributed by atoms with van der Waals surface area (Å²) in [5, 5.41) is 17.4. The molecule has 0 bridgehead atoms. The molecule has 0 amide bonds. The average Bonchev–Trinajstić information content (AvgIpc) is 2.97. The summed E-state index contributed by atoms with van der Waals surface area (Å²) in [4.78, 5) is 0. The summed E-state index contributed by atoms with van der Waals surface area (Å²) in [7, 11) is 1.89. The third-order valence-corrected chi connectivity index (χ3v) is 3.73. The number of anilines is 1. The highest BCUT2D eigenvalue weighted by atomic mass is 35.5. The van der Waals surface area contributed by atoms with Crippen molar-refractivity contribution < 1.29 is 9.84 Å². The van der Waals surface area contributed by atoms with Crippen LogP contribution in [-0.4, -0.2) is 33.6 Å². The van der Waals surface area contributed by atoms with E-state index in [-0.39, 0.29) is 0 Å². The zero-order chi connectivity index (χ0) is 16.7. The van der Waals surface area contributed by atoms with E-state index in [1.165, 1.54) is 0 Å².